The molecule has 11 heteroatoms. The molecule has 1 aliphatic carbocycles. The van der Waals surface area contributed by atoms with Crippen molar-refractivity contribution in [3.05, 3.63) is 23.8 Å². The minimum Gasteiger partial charge on any atom is -0.484 e. The van der Waals surface area contributed by atoms with Crippen LogP contribution in [0.2, 0.25) is 0 Å². The summed E-state index contributed by atoms with van der Waals surface area (Å²) in [6, 6.07) is 3.05. The van der Waals surface area contributed by atoms with Gasteiger partial charge in [-0.3, -0.25) is 4.55 Å². The van der Waals surface area contributed by atoms with Crippen LogP contribution in [-0.4, -0.2) is 43.3 Å². The minimum atomic E-state index is -4.95. The first-order chi connectivity index (χ1) is 13.3. The van der Waals surface area contributed by atoms with Gasteiger partial charge in [-0.05, 0) is 50.8 Å². The van der Waals surface area contributed by atoms with Gasteiger partial charge in [-0.2, -0.15) is 8.42 Å². The third-order valence-corrected chi connectivity index (χ3v) is 5.37. The van der Waals surface area contributed by atoms with Crippen LogP contribution < -0.4 is 9.47 Å². The molecule has 0 amide bonds. The lowest BCUT2D eigenvalue weighted by molar-refractivity contribution is -0.275. The van der Waals surface area contributed by atoms with E-state index in [-0.39, 0.29) is 17.2 Å². The van der Waals surface area contributed by atoms with Crippen molar-refractivity contribution < 1.29 is 45.1 Å². The second-order valence-electron chi connectivity index (χ2n) is 7.32. The maximum Gasteiger partial charge on any atom is 0.573 e. The van der Waals surface area contributed by atoms with E-state index in [1.54, 1.807) is 13.8 Å². The number of ether oxygens (including phenoxy) is 3. The molecular weight excluding hydrogens is 417 g/mol. The third kappa shape index (κ3) is 7.39. The molecule has 1 N–H and O–H groups in total. The monoisotopic (exact) mass is 440 g/mol. The Hall–Kier alpha value is -2.01. The molecule has 7 nitrogen and oxygen atoms in total. The van der Waals surface area contributed by atoms with Gasteiger partial charge in [-0.15, -0.1) is 13.2 Å². The maximum absolute atomic E-state index is 12.7. The van der Waals surface area contributed by atoms with Gasteiger partial charge in [0, 0.05) is 0 Å². The molecule has 1 aromatic rings. The van der Waals surface area contributed by atoms with Gasteiger partial charge in [0.25, 0.3) is 10.1 Å². The van der Waals surface area contributed by atoms with E-state index < -0.39 is 46.2 Å². The van der Waals surface area contributed by atoms with Crippen molar-refractivity contribution in [3.8, 4) is 11.5 Å². The van der Waals surface area contributed by atoms with E-state index in [4.69, 9.17) is 14.0 Å². The highest BCUT2D eigenvalue weighted by atomic mass is 32.2. The molecule has 0 saturated heterocycles. The predicted molar refractivity (Wildman–Crippen MR) is 96.5 cm³/mol. The Morgan fingerprint density at radius 3 is 2.31 bits per heavy atom. The normalized spacial score (nSPS) is 15.9. The molecule has 0 aromatic heterocycles. The zero-order valence-corrected chi connectivity index (χ0v) is 16.8. The number of hydrogen-bond acceptors (Lipinski definition) is 6. The SMILES string of the molecule is CC(C)(Oc1cc(C(=O)OCCS(=O)(=O)O)ccc1OC(F)(F)F)C1CCCC1. The van der Waals surface area contributed by atoms with Crippen molar-refractivity contribution >= 4 is 16.1 Å². The van der Waals surface area contributed by atoms with E-state index in [9.17, 15) is 26.4 Å². The molecule has 1 saturated carbocycles. The van der Waals surface area contributed by atoms with Gasteiger partial charge < -0.3 is 14.2 Å². The van der Waals surface area contributed by atoms with E-state index in [2.05, 4.69) is 4.74 Å². The van der Waals surface area contributed by atoms with Crippen LogP contribution in [0.5, 0.6) is 11.5 Å². The van der Waals surface area contributed by atoms with Crippen LogP contribution in [0.4, 0.5) is 13.2 Å². The largest absolute Gasteiger partial charge is 0.573 e. The standard InChI is InChI=1S/C18H23F3O7S/c1-17(2,13-5-3-4-6-13)27-15-11-12(7-8-14(15)28-18(19,20)21)16(22)26-9-10-29(23,24)25/h7-8,11,13H,3-6,9-10H2,1-2H3,(H,23,24,25). The van der Waals surface area contributed by atoms with Crippen LogP contribution in [0.3, 0.4) is 0 Å². The highest BCUT2D eigenvalue weighted by Gasteiger charge is 2.37. The van der Waals surface area contributed by atoms with E-state index in [1.165, 1.54) is 0 Å². The summed E-state index contributed by atoms with van der Waals surface area (Å²) < 4.78 is 82.8. The molecule has 0 spiro atoms. The molecule has 0 heterocycles. The fraction of sp³-hybridized carbons (Fsp3) is 0.611. The summed E-state index contributed by atoms with van der Waals surface area (Å²) >= 11 is 0. The topological polar surface area (TPSA) is 99.1 Å². The predicted octanol–water partition coefficient (Wildman–Crippen LogP) is 3.98. The first kappa shape index (κ1) is 23.3. The molecule has 0 atom stereocenters. The van der Waals surface area contributed by atoms with E-state index in [1.807, 2.05) is 0 Å². The van der Waals surface area contributed by atoms with Crippen molar-refractivity contribution in [2.75, 3.05) is 12.4 Å². The fourth-order valence-electron chi connectivity index (χ4n) is 3.23. The van der Waals surface area contributed by atoms with Crippen LogP contribution in [-0.2, 0) is 14.9 Å². The van der Waals surface area contributed by atoms with Crippen LogP contribution in [0, 0.1) is 5.92 Å². The summed E-state index contributed by atoms with van der Waals surface area (Å²) in [4.78, 5) is 12.1. The van der Waals surface area contributed by atoms with Gasteiger partial charge in [0.15, 0.2) is 11.5 Å². The second-order valence-corrected chi connectivity index (χ2v) is 8.89. The highest BCUT2D eigenvalue weighted by Crippen LogP contribution is 2.41. The fourth-order valence-corrected chi connectivity index (χ4v) is 3.53. The molecule has 2 rings (SSSR count). The minimum absolute atomic E-state index is 0.131. The summed E-state index contributed by atoms with van der Waals surface area (Å²) in [7, 11) is -4.32. The number of esters is 1. The van der Waals surface area contributed by atoms with Gasteiger partial charge in [0.2, 0.25) is 0 Å². The van der Waals surface area contributed by atoms with Crippen molar-refractivity contribution in [1.82, 2.24) is 0 Å². The third-order valence-electron chi connectivity index (χ3n) is 4.69. The number of rotatable bonds is 8. The summed E-state index contributed by atoms with van der Waals surface area (Å²) in [5.74, 6) is -2.52. The lowest BCUT2D eigenvalue weighted by Crippen LogP contribution is -2.36. The Morgan fingerprint density at radius 2 is 1.76 bits per heavy atom. The van der Waals surface area contributed by atoms with Gasteiger partial charge in [-0.1, -0.05) is 12.8 Å². The van der Waals surface area contributed by atoms with Crippen molar-refractivity contribution in [2.45, 2.75) is 51.5 Å². The number of alkyl halides is 3. The Bertz CT molecular complexity index is 828. The average molecular weight is 440 g/mol. The second kappa shape index (κ2) is 8.78. The number of hydrogen-bond donors (Lipinski definition) is 1. The van der Waals surface area contributed by atoms with E-state index in [0.29, 0.717) is 0 Å². The van der Waals surface area contributed by atoms with Crippen LogP contribution in [0.25, 0.3) is 0 Å². The molecule has 1 aromatic carbocycles. The summed E-state index contributed by atoms with van der Waals surface area (Å²) in [6.45, 7) is 2.91. The smallest absolute Gasteiger partial charge is 0.484 e. The maximum atomic E-state index is 12.7. The molecular formula is C18H23F3O7S. The van der Waals surface area contributed by atoms with Gasteiger partial charge in [0.1, 0.15) is 18.0 Å². The highest BCUT2D eigenvalue weighted by molar-refractivity contribution is 7.85. The Morgan fingerprint density at radius 1 is 1.14 bits per heavy atom. The molecule has 0 bridgehead atoms. The molecule has 164 valence electrons. The lowest BCUT2D eigenvalue weighted by Gasteiger charge is -2.33. The summed E-state index contributed by atoms with van der Waals surface area (Å²) in [5.41, 5.74) is -0.944. The Kier molecular flexibility index (Phi) is 7.05. The summed E-state index contributed by atoms with van der Waals surface area (Å²) in [5, 5.41) is 0. The van der Waals surface area contributed by atoms with E-state index in [0.717, 1.165) is 43.9 Å². The van der Waals surface area contributed by atoms with Crippen LogP contribution >= 0.6 is 0 Å². The zero-order chi connectivity index (χ0) is 21.9. The molecule has 1 aliphatic rings. The van der Waals surface area contributed by atoms with Crippen molar-refractivity contribution in [1.29, 1.82) is 0 Å². The zero-order valence-electron chi connectivity index (χ0n) is 16.0. The molecule has 0 aliphatic heterocycles. The lowest BCUT2D eigenvalue weighted by atomic mass is 9.89. The Balaban J connectivity index is 2.24. The molecule has 0 unspecified atom stereocenters. The van der Waals surface area contributed by atoms with Crippen molar-refractivity contribution in [2.24, 2.45) is 5.92 Å². The van der Waals surface area contributed by atoms with Gasteiger partial charge in [-0.25, -0.2) is 4.79 Å². The molecule has 29 heavy (non-hydrogen) atoms. The van der Waals surface area contributed by atoms with Gasteiger partial charge >= 0.3 is 12.3 Å². The van der Waals surface area contributed by atoms with E-state index >= 15 is 0 Å². The first-order valence-corrected chi connectivity index (χ1v) is 10.6. The number of benzene rings is 1. The number of carbonyl (C=O) groups excluding carboxylic acids is 1. The van der Waals surface area contributed by atoms with Gasteiger partial charge in [0.05, 0.1) is 5.56 Å². The Labute approximate surface area is 166 Å². The average Bonchev–Trinajstić information content (AvgIpc) is 3.09. The summed E-state index contributed by atoms with van der Waals surface area (Å²) in [6.07, 6.45) is -1.19. The molecule has 0 radical (unpaired) electrons. The quantitative estimate of drug-likeness (QED) is 0.482. The number of carbonyl (C=O) groups is 1. The van der Waals surface area contributed by atoms with Crippen molar-refractivity contribution in [3.63, 3.8) is 0 Å². The van der Waals surface area contributed by atoms with Crippen LogP contribution in [0.15, 0.2) is 18.2 Å². The first-order valence-electron chi connectivity index (χ1n) is 8.98. The molecule has 1 fully saturated rings. The van der Waals surface area contributed by atoms with Crippen LogP contribution in [0.1, 0.15) is 49.9 Å². The number of halogens is 3.